The first-order chi connectivity index (χ1) is 9.22. The van der Waals surface area contributed by atoms with E-state index >= 15 is 0 Å². The van der Waals surface area contributed by atoms with Crippen molar-refractivity contribution in [2.24, 2.45) is 0 Å². The largest absolute Gasteiger partial charge is 0.292 e. The van der Waals surface area contributed by atoms with Crippen LogP contribution < -0.4 is 0 Å². The van der Waals surface area contributed by atoms with Crippen LogP contribution in [-0.2, 0) is 13.0 Å². The minimum absolute atomic E-state index is 0.0440. The molecule has 96 valence electrons. The monoisotopic (exact) mass is 254 g/mol. The number of carbonyl (C=O) groups is 1. The number of rotatable bonds is 5. The van der Waals surface area contributed by atoms with Crippen LogP contribution in [0.1, 0.15) is 35.1 Å². The van der Waals surface area contributed by atoms with Crippen LogP contribution in [-0.4, -0.2) is 20.5 Å². The molecule has 1 aromatic carbocycles. The lowest BCUT2D eigenvalue weighted by atomic mass is 10.1. The summed E-state index contributed by atoms with van der Waals surface area (Å²) in [6.07, 6.45) is 3.49. The summed E-state index contributed by atoms with van der Waals surface area (Å²) in [6.45, 7) is 2.22. The zero-order valence-corrected chi connectivity index (χ0v) is 10.7. The van der Waals surface area contributed by atoms with E-state index in [0.717, 1.165) is 12.8 Å². The first-order valence-corrected chi connectivity index (χ1v) is 6.14. The van der Waals surface area contributed by atoms with Gasteiger partial charge in [0.15, 0.2) is 5.78 Å². The van der Waals surface area contributed by atoms with Crippen molar-refractivity contribution in [3.63, 3.8) is 0 Å². The highest BCUT2D eigenvalue weighted by atomic mass is 16.1. The maximum atomic E-state index is 12.0. The van der Waals surface area contributed by atoms with Gasteiger partial charge in [-0.3, -0.25) is 4.79 Å². The highest BCUT2D eigenvalue weighted by molar-refractivity contribution is 5.95. The zero-order valence-electron chi connectivity index (χ0n) is 10.7. The van der Waals surface area contributed by atoms with Gasteiger partial charge in [0.05, 0.1) is 0 Å². The minimum atomic E-state index is -0.0440. The van der Waals surface area contributed by atoms with Crippen molar-refractivity contribution in [3.05, 3.63) is 47.5 Å². The zero-order chi connectivity index (χ0) is 13.7. The second-order valence-electron chi connectivity index (χ2n) is 4.25. The molecule has 0 saturated heterocycles. The summed E-state index contributed by atoms with van der Waals surface area (Å²) < 4.78 is 1.38. The molecule has 2 aromatic rings. The van der Waals surface area contributed by atoms with Crippen LogP contribution in [0.15, 0.2) is 30.6 Å². The Kier molecular flexibility index (Phi) is 4.04. The number of hydrogen-bond acceptors (Lipinski definition) is 4. The summed E-state index contributed by atoms with van der Waals surface area (Å²) in [6, 6.07) is 9.43. The number of carbonyl (C=O) groups excluding carboxylic acids is 1. The normalized spacial score (nSPS) is 10.1. The lowest BCUT2D eigenvalue weighted by Gasteiger charge is -2.03. The molecule has 0 saturated carbocycles. The van der Waals surface area contributed by atoms with Gasteiger partial charge in [-0.25, -0.2) is 9.67 Å². The summed E-state index contributed by atoms with van der Waals surface area (Å²) in [5, 5.41) is 12.5. The van der Waals surface area contributed by atoms with Crippen LogP contribution in [0.3, 0.4) is 0 Å². The van der Waals surface area contributed by atoms with Crippen LogP contribution in [0, 0.1) is 11.3 Å². The van der Waals surface area contributed by atoms with Gasteiger partial charge >= 0.3 is 0 Å². The van der Waals surface area contributed by atoms with E-state index in [1.807, 2.05) is 30.3 Å². The Morgan fingerprint density at radius 3 is 2.68 bits per heavy atom. The molecule has 2 rings (SSSR count). The highest BCUT2D eigenvalue weighted by Gasteiger charge is 2.08. The van der Waals surface area contributed by atoms with E-state index in [2.05, 4.69) is 17.0 Å². The Balaban J connectivity index is 2.05. The average Bonchev–Trinajstić information content (AvgIpc) is 2.87. The van der Waals surface area contributed by atoms with E-state index in [1.54, 1.807) is 0 Å². The fourth-order valence-electron chi connectivity index (χ4n) is 1.81. The quantitative estimate of drug-likeness (QED) is 0.765. The average molecular weight is 254 g/mol. The third-order valence-electron chi connectivity index (χ3n) is 2.76. The molecule has 0 spiro atoms. The van der Waals surface area contributed by atoms with Gasteiger partial charge in [-0.05, 0) is 12.0 Å². The number of nitrogens with zero attached hydrogens (tertiary/aromatic N) is 4. The van der Waals surface area contributed by atoms with Crippen molar-refractivity contribution in [2.75, 3.05) is 0 Å². The van der Waals surface area contributed by atoms with E-state index in [1.165, 1.54) is 16.6 Å². The van der Waals surface area contributed by atoms with E-state index in [4.69, 9.17) is 5.26 Å². The molecule has 1 heterocycles. The molecule has 0 aliphatic rings. The molecule has 1 aromatic heterocycles. The first kappa shape index (κ1) is 13.0. The third-order valence-corrected chi connectivity index (χ3v) is 2.76. The van der Waals surface area contributed by atoms with E-state index in [0.29, 0.717) is 5.56 Å². The van der Waals surface area contributed by atoms with Crippen molar-refractivity contribution < 1.29 is 4.79 Å². The lowest BCUT2D eigenvalue weighted by molar-refractivity contribution is 0.0967. The van der Waals surface area contributed by atoms with Crippen molar-refractivity contribution in [3.8, 4) is 6.07 Å². The molecule has 0 bridgehead atoms. The van der Waals surface area contributed by atoms with Crippen molar-refractivity contribution in [2.45, 2.75) is 26.3 Å². The SMILES string of the molecule is CCCc1ccc(C(=O)Cn2cnc(C#N)n2)cc1. The summed E-state index contributed by atoms with van der Waals surface area (Å²) in [7, 11) is 0. The van der Waals surface area contributed by atoms with Gasteiger partial charge in [-0.1, -0.05) is 37.6 Å². The number of nitriles is 1. The number of ketones is 1. The Morgan fingerprint density at radius 1 is 1.37 bits per heavy atom. The minimum Gasteiger partial charge on any atom is -0.292 e. The molecule has 0 atom stereocenters. The molecule has 0 aliphatic heterocycles. The van der Waals surface area contributed by atoms with Crippen molar-refractivity contribution in [1.29, 1.82) is 5.26 Å². The number of hydrogen-bond donors (Lipinski definition) is 0. The van der Waals surface area contributed by atoms with Crippen LogP contribution in [0.5, 0.6) is 0 Å². The molecular formula is C14H14N4O. The Labute approximate surface area is 111 Å². The topological polar surface area (TPSA) is 71.6 Å². The molecule has 5 nitrogen and oxygen atoms in total. The summed E-state index contributed by atoms with van der Waals surface area (Å²) in [5.74, 6) is 0.0310. The molecule has 0 N–H and O–H groups in total. The Hall–Kier alpha value is -2.48. The van der Waals surface area contributed by atoms with Gasteiger partial charge in [0.1, 0.15) is 18.9 Å². The molecule has 0 unspecified atom stereocenters. The van der Waals surface area contributed by atoms with Gasteiger partial charge < -0.3 is 0 Å². The van der Waals surface area contributed by atoms with Crippen LogP contribution in [0.4, 0.5) is 0 Å². The smallest absolute Gasteiger partial charge is 0.252 e. The van der Waals surface area contributed by atoms with Crippen LogP contribution in [0.25, 0.3) is 0 Å². The second-order valence-corrected chi connectivity index (χ2v) is 4.25. The molecular weight excluding hydrogens is 240 g/mol. The van der Waals surface area contributed by atoms with Crippen molar-refractivity contribution in [1.82, 2.24) is 14.8 Å². The lowest BCUT2D eigenvalue weighted by Crippen LogP contribution is -2.11. The number of aromatic nitrogens is 3. The molecule has 19 heavy (non-hydrogen) atoms. The predicted octanol–water partition coefficient (Wildman–Crippen LogP) is 1.99. The summed E-state index contributed by atoms with van der Waals surface area (Å²) in [4.78, 5) is 15.8. The summed E-state index contributed by atoms with van der Waals surface area (Å²) in [5.41, 5.74) is 1.88. The molecule has 0 amide bonds. The second kappa shape index (κ2) is 5.91. The van der Waals surface area contributed by atoms with Crippen LogP contribution >= 0.6 is 0 Å². The molecule has 0 fully saturated rings. The number of aryl methyl sites for hydroxylation is 1. The van der Waals surface area contributed by atoms with E-state index < -0.39 is 0 Å². The summed E-state index contributed by atoms with van der Waals surface area (Å²) >= 11 is 0. The van der Waals surface area contributed by atoms with Crippen molar-refractivity contribution >= 4 is 5.78 Å². The van der Waals surface area contributed by atoms with Gasteiger partial charge in [0, 0.05) is 5.56 Å². The fourth-order valence-corrected chi connectivity index (χ4v) is 1.81. The third kappa shape index (κ3) is 3.26. The predicted molar refractivity (Wildman–Crippen MR) is 69.5 cm³/mol. The van der Waals surface area contributed by atoms with E-state index in [9.17, 15) is 4.79 Å². The standard InChI is InChI=1S/C14H14N4O/c1-2-3-11-4-6-12(7-5-11)13(19)9-18-10-16-14(8-15)17-18/h4-7,10H,2-3,9H2,1H3. The highest BCUT2D eigenvalue weighted by Crippen LogP contribution is 2.08. The Morgan fingerprint density at radius 2 is 2.11 bits per heavy atom. The maximum absolute atomic E-state index is 12.0. The van der Waals surface area contributed by atoms with Gasteiger partial charge in [0.2, 0.25) is 0 Å². The fraction of sp³-hybridized carbons (Fsp3) is 0.286. The molecule has 0 radical (unpaired) electrons. The van der Waals surface area contributed by atoms with Gasteiger partial charge in [-0.15, -0.1) is 5.10 Å². The van der Waals surface area contributed by atoms with E-state index in [-0.39, 0.29) is 18.2 Å². The maximum Gasteiger partial charge on any atom is 0.252 e. The Bertz CT molecular complexity index is 607. The number of benzene rings is 1. The van der Waals surface area contributed by atoms with Crippen LogP contribution in [0.2, 0.25) is 0 Å². The van der Waals surface area contributed by atoms with Gasteiger partial charge in [-0.2, -0.15) is 5.26 Å². The first-order valence-electron chi connectivity index (χ1n) is 6.14. The molecule has 5 heteroatoms. The van der Waals surface area contributed by atoms with Gasteiger partial charge in [0.25, 0.3) is 5.82 Å². The molecule has 0 aliphatic carbocycles. The number of Topliss-reactive ketones (excluding diaryl/α,β-unsaturated/α-hetero) is 1.